The summed E-state index contributed by atoms with van der Waals surface area (Å²) in [7, 11) is 0. The lowest BCUT2D eigenvalue weighted by Crippen LogP contribution is -2.37. The molecule has 1 fully saturated rings. The molecule has 0 aromatic rings. The van der Waals surface area contributed by atoms with Crippen molar-refractivity contribution in [2.45, 2.75) is 26.2 Å². The van der Waals surface area contributed by atoms with Crippen LogP contribution in [-0.2, 0) is 4.74 Å². The molecule has 4 N–H and O–H groups in total. The predicted octanol–water partition coefficient (Wildman–Crippen LogP) is 0.529. The van der Waals surface area contributed by atoms with Gasteiger partial charge in [-0.2, -0.15) is 0 Å². The maximum Gasteiger partial charge on any atom is 0.140 e. The molecule has 0 aromatic heterocycles. The molecule has 0 aliphatic carbocycles. The van der Waals surface area contributed by atoms with Crippen molar-refractivity contribution in [1.29, 1.82) is 0 Å². The summed E-state index contributed by atoms with van der Waals surface area (Å²) in [6.45, 7) is 5.71. The van der Waals surface area contributed by atoms with Gasteiger partial charge in [0.1, 0.15) is 5.84 Å². The van der Waals surface area contributed by atoms with E-state index in [-0.39, 0.29) is 5.84 Å². The second-order valence-electron chi connectivity index (χ2n) is 4.44. The molecule has 0 radical (unpaired) electrons. The van der Waals surface area contributed by atoms with Gasteiger partial charge in [0.2, 0.25) is 0 Å². The average Bonchev–Trinajstić information content (AvgIpc) is 2.25. The summed E-state index contributed by atoms with van der Waals surface area (Å²) in [5, 5.41) is 14.6. The zero-order chi connectivity index (χ0) is 11.1. The van der Waals surface area contributed by atoms with E-state index in [0.717, 1.165) is 39.1 Å². The molecule has 1 heterocycles. The van der Waals surface area contributed by atoms with Crippen molar-refractivity contribution in [3.05, 3.63) is 0 Å². The Hall–Kier alpha value is -0.810. The molecule has 5 heteroatoms. The zero-order valence-corrected chi connectivity index (χ0v) is 9.33. The number of hydrogen-bond donors (Lipinski definition) is 3. The maximum atomic E-state index is 8.35. The summed E-state index contributed by atoms with van der Waals surface area (Å²) < 4.78 is 5.33. The molecule has 1 aliphatic rings. The molecule has 0 spiro atoms. The van der Waals surface area contributed by atoms with Crippen LogP contribution in [-0.4, -0.2) is 37.3 Å². The quantitative estimate of drug-likeness (QED) is 0.205. The smallest absolute Gasteiger partial charge is 0.140 e. The van der Waals surface area contributed by atoms with Crippen LogP contribution >= 0.6 is 0 Å². The van der Waals surface area contributed by atoms with E-state index in [0.29, 0.717) is 11.8 Å². The number of hydrogen-bond acceptors (Lipinski definition) is 4. The van der Waals surface area contributed by atoms with Crippen molar-refractivity contribution in [2.75, 3.05) is 26.3 Å². The van der Waals surface area contributed by atoms with E-state index >= 15 is 0 Å². The molecule has 0 amide bonds. The van der Waals surface area contributed by atoms with Gasteiger partial charge in [0, 0.05) is 32.7 Å². The monoisotopic (exact) mass is 215 g/mol. The first kappa shape index (κ1) is 12.3. The summed E-state index contributed by atoms with van der Waals surface area (Å²) >= 11 is 0. The second kappa shape index (κ2) is 5.92. The third-order valence-corrected chi connectivity index (χ3v) is 2.94. The normalized spacial score (nSPS) is 21.5. The Morgan fingerprint density at radius 3 is 2.80 bits per heavy atom. The lowest BCUT2D eigenvalue weighted by atomic mass is 9.82. The summed E-state index contributed by atoms with van der Waals surface area (Å²) in [6, 6.07) is 0. The fourth-order valence-corrected chi connectivity index (χ4v) is 1.70. The van der Waals surface area contributed by atoms with Crippen molar-refractivity contribution >= 4 is 5.84 Å². The molecular weight excluding hydrogens is 194 g/mol. The Bertz CT molecular complexity index is 213. The van der Waals surface area contributed by atoms with E-state index in [2.05, 4.69) is 17.4 Å². The minimum atomic E-state index is 0.277. The average molecular weight is 215 g/mol. The number of rotatable bonds is 5. The molecule has 88 valence electrons. The summed E-state index contributed by atoms with van der Waals surface area (Å²) in [5.41, 5.74) is 5.70. The van der Waals surface area contributed by atoms with Crippen LogP contribution in [0.25, 0.3) is 0 Å². The van der Waals surface area contributed by atoms with Gasteiger partial charge in [0.15, 0.2) is 0 Å². The van der Waals surface area contributed by atoms with Gasteiger partial charge in [-0.15, -0.1) is 0 Å². The van der Waals surface area contributed by atoms with Gasteiger partial charge < -0.3 is 21.0 Å². The van der Waals surface area contributed by atoms with Crippen LogP contribution in [0.1, 0.15) is 26.2 Å². The molecule has 0 saturated carbocycles. The van der Waals surface area contributed by atoms with E-state index in [4.69, 9.17) is 15.7 Å². The van der Waals surface area contributed by atoms with Crippen LogP contribution in [0.3, 0.4) is 0 Å². The molecule has 1 saturated heterocycles. The number of oxime groups is 1. The minimum Gasteiger partial charge on any atom is -0.409 e. The molecule has 0 atom stereocenters. The number of amidine groups is 1. The van der Waals surface area contributed by atoms with Crippen LogP contribution in [0, 0.1) is 5.41 Å². The zero-order valence-electron chi connectivity index (χ0n) is 9.33. The number of nitrogens with one attached hydrogen (secondary N) is 1. The summed E-state index contributed by atoms with van der Waals surface area (Å²) in [4.78, 5) is 0. The Morgan fingerprint density at radius 2 is 2.20 bits per heavy atom. The van der Waals surface area contributed by atoms with Gasteiger partial charge in [0.05, 0.1) is 0 Å². The molecular formula is C10H21N3O2. The van der Waals surface area contributed by atoms with Gasteiger partial charge in [-0.05, 0) is 18.3 Å². The van der Waals surface area contributed by atoms with E-state index in [1.54, 1.807) is 0 Å². The molecule has 0 aromatic carbocycles. The van der Waals surface area contributed by atoms with E-state index in [1.807, 2.05) is 0 Å². The van der Waals surface area contributed by atoms with Crippen LogP contribution in [0.4, 0.5) is 0 Å². The third-order valence-electron chi connectivity index (χ3n) is 2.94. The largest absolute Gasteiger partial charge is 0.409 e. The number of nitrogens with zero attached hydrogens (tertiary/aromatic N) is 1. The summed E-state index contributed by atoms with van der Waals surface area (Å²) in [5.74, 6) is 0.277. The Kier molecular flexibility index (Phi) is 4.84. The molecule has 1 aliphatic heterocycles. The Morgan fingerprint density at radius 1 is 1.53 bits per heavy atom. The highest BCUT2D eigenvalue weighted by Crippen LogP contribution is 2.28. The summed E-state index contributed by atoms with van der Waals surface area (Å²) in [6.07, 6.45) is 2.79. The maximum absolute atomic E-state index is 8.35. The van der Waals surface area contributed by atoms with E-state index < -0.39 is 0 Å². The molecule has 0 unspecified atom stereocenters. The Labute approximate surface area is 90.7 Å². The number of ether oxygens (including phenoxy) is 1. The highest BCUT2D eigenvalue weighted by Gasteiger charge is 2.26. The van der Waals surface area contributed by atoms with Gasteiger partial charge in [-0.25, -0.2) is 0 Å². The van der Waals surface area contributed by atoms with Crippen molar-refractivity contribution in [3.8, 4) is 0 Å². The predicted molar refractivity (Wildman–Crippen MR) is 59.1 cm³/mol. The first-order chi connectivity index (χ1) is 7.16. The molecule has 0 bridgehead atoms. The molecule has 5 nitrogen and oxygen atoms in total. The van der Waals surface area contributed by atoms with Crippen LogP contribution in [0.15, 0.2) is 5.16 Å². The topological polar surface area (TPSA) is 79.9 Å². The van der Waals surface area contributed by atoms with Gasteiger partial charge in [0.25, 0.3) is 0 Å². The van der Waals surface area contributed by atoms with E-state index in [1.165, 1.54) is 0 Å². The lowest BCUT2D eigenvalue weighted by Gasteiger charge is -2.33. The third kappa shape index (κ3) is 4.48. The van der Waals surface area contributed by atoms with Crippen molar-refractivity contribution in [3.63, 3.8) is 0 Å². The highest BCUT2D eigenvalue weighted by molar-refractivity contribution is 5.79. The number of nitrogens with two attached hydrogens (primary N) is 1. The van der Waals surface area contributed by atoms with Crippen LogP contribution in [0.2, 0.25) is 0 Å². The second-order valence-corrected chi connectivity index (χ2v) is 4.44. The van der Waals surface area contributed by atoms with Gasteiger partial charge in [-0.3, -0.25) is 0 Å². The lowest BCUT2D eigenvalue weighted by molar-refractivity contribution is 0.0243. The minimum absolute atomic E-state index is 0.277. The molecule has 15 heavy (non-hydrogen) atoms. The van der Waals surface area contributed by atoms with E-state index in [9.17, 15) is 0 Å². The Balaban J connectivity index is 2.13. The first-order valence-electron chi connectivity index (χ1n) is 5.41. The standard InChI is InChI=1S/C10H21N3O2/c1-10(3-6-15-7-4-10)8-12-5-2-9(11)13-14/h12,14H,2-8H2,1H3,(H2,11,13). The highest BCUT2D eigenvalue weighted by atomic mass is 16.5. The fourth-order valence-electron chi connectivity index (χ4n) is 1.70. The van der Waals surface area contributed by atoms with Crippen LogP contribution in [0.5, 0.6) is 0 Å². The van der Waals surface area contributed by atoms with Crippen molar-refractivity contribution in [2.24, 2.45) is 16.3 Å². The SMILES string of the molecule is CC1(CNCCC(N)=NO)CCOCC1. The van der Waals surface area contributed by atoms with Crippen molar-refractivity contribution in [1.82, 2.24) is 5.32 Å². The fraction of sp³-hybridized carbons (Fsp3) is 0.900. The van der Waals surface area contributed by atoms with Crippen molar-refractivity contribution < 1.29 is 9.94 Å². The van der Waals surface area contributed by atoms with Gasteiger partial charge in [-0.1, -0.05) is 12.1 Å². The molecule has 1 rings (SSSR count). The first-order valence-corrected chi connectivity index (χ1v) is 5.41. The van der Waals surface area contributed by atoms with Crippen LogP contribution < -0.4 is 11.1 Å². The van der Waals surface area contributed by atoms with Gasteiger partial charge >= 0.3 is 0 Å².